The largest absolute Gasteiger partial charge is 0.394 e. The fraction of sp³-hybridized carbons (Fsp3) is 0.700. The van der Waals surface area contributed by atoms with Crippen LogP contribution in [0.3, 0.4) is 0 Å². The Bertz CT molecular complexity index is 988. The molecule has 14 heteroatoms. The Morgan fingerprint density at radius 2 is 1.18 bits per heavy atom. The summed E-state index contributed by atoms with van der Waals surface area (Å²) in [6.07, 6.45) is 19.4. The molecule has 2 aromatic heterocycles. The van der Waals surface area contributed by atoms with Gasteiger partial charge in [0.05, 0.1) is 26.4 Å². The van der Waals surface area contributed by atoms with E-state index >= 15 is 0 Å². The van der Waals surface area contributed by atoms with Crippen molar-refractivity contribution in [3.63, 3.8) is 0 Å². The van der Waals surface area contributed by atoms with Gasteiger partial charge in [-0.05, 0) is 43.2 Å². The molecule has 1 saturated heterocycles. The Morgan fingerprint density at radius 1 is 0.773 bits per heavy atom. The van der Waals surface area contributed by atoms with Crippen molar-refractivity contribution in [2.24, 2.45) is 0 Å². The number of carbonyl (C=O) groups excluding carboxylic acids is 1. The maximum atomic E-state index is 10.5. The first-order valence-corrected chi connectivity index (χ1v) is 18.1. The smallest absolute Gasteiger partial charge is 0.394 e. The Kier molecular flexibility index (Phi) is 36.3. The number of thiophene rings is 2. The maximum absolute atomic E-state index is 10.5. The minimum Gasteiger partial charge on any atom is -0.394 e. The molecule has 0 aromatic carbocycles. The zero-order chi connectivity index (χ0) is 31.5. The second-order valence-corrected chi connectivity index (χ2v) is 12.7. The fourth-order valence-electron chi connectivity index (χ4n) is 3.95. The predicted octanol–water partition coefficient (Wildman–Crippen LogP) is 7.47. The summed E-state index contributed by atoms with van der Waals surface area (Å²) in [7, 11) is -4.67. The van der Waals surface area contributed by atoms with Crippen LogP contribution >= 0.6 is 22.7 Å². The summed E-state index contributed by atoms with van der Waals surface area (Å²) in [6.45, 7) is 5.72. The molecule has 1 aliphatic rings. The van der Waals surface area contributed by atoms with Gasteiger partial charge in [0.1, 0.15) is 0 Å². The molecular weight excluding hydrogens is 835 g/mol. The van der Waals surface area contributed by atoms with Crippen LogP contribution < -0.4 is 0 Å². The third kappa shape index (κ3) is 30.7. The molecule has 0 aliphatic carbocycles. The van der Waals surface area contributed by atoms with Crippen molar-refractivity contribution in [1.82, 2.24) is 0 Å². The van der Waals surface area contributed by atoms with Crippen LogP contribution in [-0.4, -0.2) is 60.5 Å². The van der Waals surface area contributed by atoms with Gasteiger partial charge in [0.15, 0.2) is 12.6 Å². The van der Waals surface area contributed by atoms with Crippen LogP contribution in [0.25, 0.3) is 0 Å². The maximum Gasteiger partial charge on any atom is 0.394 e. The molecule has 0 amide bonds. The van der Waals surface area contributed by atoms with Crippen LogP contribution in [0.4, 0.5) is 0 Å². The van der Waals surface area contributed by atoms with Crippen LogP contribution in [0.2, 0.25) is 0 Å². The summed E-state index contributed by atoms with van der Waals surface area (Å²) in [4.78, 5) is 13.3. The second-order valence-electron chi connectivity index (χ2n) is 9.81. The molecule has 2 aromatic rings. The summed E-state index contributed by atoms with van der Waals surface area (Å²) in [6, 6.07) is 4.27. The van der Waals surface area contributed by atoms with Crippen LogP contribution in [-0.2, 0) is 72.3 Å². The van der Waals surface area contributed by atoms with Gasteiger partial charge in [-0.25, -0.2) is 0 Å². The number of aliphatic hydroxyl groups excluding tert-OH is 2. The molecule has 3 heterocycles. The minimum absolute atomic E-state index is 0. The number of unbranched alkanes of at least 4 members (excludes halogenated alkanes) is 10. The van der Waals surface area contributed by atoms with E-state index in [1.54, 1.807) is 11.3 Å². The molecule has 9 nitrogen and oxygen atoms in total. The number of rotatable bonds is 17. The van der Waals surface area contributed by atoms with E-state index in [0.29, 0.717) is 0 Å². The topological polar surface area (TPSA) is 151 Å². The number of hydrogen-bond acceptors (Lipinski definition) is 9. The zero-order valence-electron chi connectivity index (χ0n) is 26.1. The first-order chi connectivity index (χ1) is 20.2. The normalized spacial score (nSPS) is 12.3. The van der Waals surface area contributed by atoms with E-state index < -0.39 is 10.4 Å². The van der Waals surface area contributed by atoms with Crippen molar-refractivity contribution in [1.29, 1.82) is 0 Å². The Balaban J connectivity index is -0.000000584. The van der Waals surface area contributed by atoms with E-state index in [2.05, 4.69) is 25.3 Å². The summed E-state index contributed by atoms with van der Waals surface area (Å²) in [5, 5.41) is 19.4. The van der Waals surface area contributed by atoms with Crippen LogP contribution in [0.15, 0.2) is 22.9 Å². The molecule has 1 radical (unpaired) electrons. The Morgan fingerprint density at radius 3 is 1.59 bits per heavy atom. The SMILES string of the molecule is CCCCCCCCc1cc(C2OCCO2)cs1.CCCCCCCCc1cc(C=O)cs1.O=S(=O)(O)O.OCCO.[V].[W]. The van der Waals surface area contributed by atoms with Gasteiger partial charge in [-0.3, -0.25) is 13.9 Å². The minimum atomic E-state index is -4.67. The van der Waals surface area contributed by atoms with E-state index in [1.807, 2.05) is 22.8 Å². The van der Waals surface area contributed by atoms with Gasteiger partial charge >= 0.3 is 10.4 Å². The summed E-state index contributed by atoms with van der Waals surface area (Å²) in [5.41, 5.74) is 2.04. The van der Waals surface area contributed by atoms with Gasteiger partial charge in [0.25, 0.3) is 0 Å². The third-order valence-electron chi connectivity index (χ3n) is 6.03. The molecule has 0 saturated carbocycles. The number of hydrogen-bond donors (Lipinski definition) is 4. The molecular formula is C30H52O9S3VW. The molecule has 0 bridgehead atoms. The standard InChI is InChI=1S/C15H24O2S.C13H20OS.C2H6O2.H2O4S.V.W/c1-2-3-4-5-6-7-8-14-11-13(12-18-14)15-16-9-10-17-15;1-2-3-4-5-6-7-8-13-9-12(10-14)11-15-13;3-1-2-4;1-5(2,3)4;;/h11-12,15H,2-10H2,1H3;9-11H,2-8H2,1H3;3-4H,1-2H2;(H2,1,2,3,4);;. The second kappa shape index (κ2) is 33.0. The monoisotopic (exact) mass is 887 g/mol. The quantitative estimate of drug-likeness (QED) is 0.0721. The molecule has 4 N–H and O–H groups in total. The average molecular weight is 888 g/mol. The molecule has 44 heavy (non-hydrogen) atoms. The van der Waals surface area contributed by atoms with E-state index in [0.717, 1.165) is 31.5 Å². The number of aliphatic hydroxyl groups is 2. The molecule has 0 spiro atoms. The van der Waals surface area contributed by atoms with Crippen molar-refractivity contribution in [3.05, 3.63) is 43.8 Å². The number of carbonyl (C=O) groups is 1. The van der Waals surface area contributed by atoms with E-state index in [1.165, 1.54) is 98.8 Å². The molecule has 0 unspecified atom stereocenters. The number of aryl methyl sites for hydroxylation is 2. The van der Waals surface area contributed by atoms with Crippen LogP contribution in [0, 0.1) is 0 Å². The van der Waals surface area contributed by atoms with Crippen molar-refractivity contribution in [3.8, 4) is 0 Å². The van der Waals surface area contributed by atoms with Crippen molar-refractivity contribution < 1.29 is 81.6 Å². The van der Waals surface area contributed by atoms with Gasteiger partial charge in [-0.1, -0.05) is 78.1 Å². The van der Waals surface area contributed by atoms with Crippen LogP contribution in [0.1, 0.15) is 123 Å². The average Bonchev–Trinajstić information content (AvgIpc) is 3.74. The molecule has 255 valence electrons. The van der Waals surface area contributed by atoms with E-state index in [-0.39, 0.29) is 59.1 Å². The van der Waals surface area contributed by atoms with Crippen molar-refractivity contribution in [2.45, 2.75) is 110 Å². The summed E-state index contributed by atoms with van der Waals surface area (Å²) in [5.74, 6) is 0. The molecule has 3 rings (SSSR count). The summed E-state index contributed by atoms with van der Waals surface area (Å²) >= 11 is 3.56. The fourth-order valence-corrected chi connectivity index (χ4v) is 5.76. The van der Waals surface area contributed by atoms with Crippen molar-refractivity contribution >= 4 is 39.4 Å². The Hall–Kier alpha value is 0.0527. The van der Waals surface area contributed by atoms with E-state index in [9.17, 15) is 4.79 Å². The Labute approximate surface area is 299 Å². The number of ether oxygens (including phenoxy) is 2. The van der Waals surface area contributed by atoms with E-state index in [4.69, 9.17) is 37.2 Å². The third-order valence-corrected chi connectivity index (χ3v) is 8.06. The summed E-state index contributed by atoms with van der Waals surface area (Å²) < 4.78 is 42.6. The van der Waals surface area contributed by atoms with Gasteiger partial charge < -0.3 is 19.7 Å². The predicted molar refractivity (Wildman–Crippen MR) is 171 cm³/mol. The molecule has 0 atom stereocenters. The molecule has 1 fully saturated rings. The van der Waals surface area contributed by atoms with Crippen molar-refractivity contribution in [2.75, 3.05) is 26.4 Å². The first kappa shape index (κ1) is 48.4. The van der Waals surface area contributed by atoms with Gasteiger partial charge in [-0.15, -0.1) is 22.7 Å². The van der Waals surface area contributed by atoms with Crippen LogP contribution in [0.5, 0.6) is 0 Å². The van der Waals surface area contributed by atoms with Gasteiger partial charge in [-0.2, -0.15) is 8.42 Å². The molecule has 1 aliphatic heterocycles. The number of aldehydes is 1. The van der Waals surface area contributed by atoms with Gasteiger partial charge in [0.2, 0.25) is 0 Å². The first-order valence-electron chi connectivity index (χ1n) is 14.9. The zero-order valence-corrected chi connectivity index (χ0v) is 32.9. The van der Waals surface area contributed by atoms with Gasteiger partial charge in [0, 0.05) is 65.9 Å².